The first kappa shape index (κ1) is 8.67. The van der Waals surface area contributed by atoms with E-state index in [4.69, 9.17) is 0 Å². The van der Waals surface area contributed by atoms with E-state index in [9.17, 15) is 4.39 Å². The van der Waals surface area contributed by atoms with Gasteiger partial charge in [0, 0.05) is 17.5 Å². The fourth-order valence-electron chi connectivity index (χ4n) is 1.95. The number of aromatic nitrogens is 1. The number of nitrogens with zero attached hydrogens (tertiary/aromatic N) is 1. The minimum atomic E-state index is -0.793. The number of alkyl halides is 1. The summed E-state index contributed by atoms with van der Waals surface area (Å²) >= 11 is 0. The zero-order chi connectivity index (χ0) is 9.42. The van der Waals surface area contributed by atoms with Gasteiger partial charge >= 0.3 is 0 Å². The molecule has 0 aliphatic heterocycles. The van der Waals surface area contributed by atoms with Gasteiger partial charge in [-0.3, -0.25) is 4.98 Å². The van der Waals surface area contributed by atoms with E-state index in [0.29, 0.717) is 12.3 Å². The van der Waals surface area contributed by atoms with Crippen LogP contribution in [0.4, 0.5) is 4.39 Å². The Bertz CT molecular complexity index is 322. The number of rotatable bonds is 0. The molecule has 0 radical (unpaired) electrons. The molecule has 13 heavy (non-hydrogen) atoms. The predicted molar refractivity (Wildman–Crippen MR) is 50.5 cm³/mol. The van der Waals surface area contributed by atoms with E-state index in [-0.39, 0.29) is 0 Å². The maximum atomic E-state index is 13.5. The molecule has 0 amide bonds. The molecule has 0 saturated carbocycles. The molecule has 0 saturated heterocycles. The van der Waals surface area contributed by atoms with Crippen molar-refractivity contribution in [3.63, 3.8) is 0 Å². The van der Waals surface area contributed by atoms with Gasteiger partial charge in [0.1, 0.15) is 6.17 Å². The lowest BCUT2D eigenvalue weighted by Crippen LogP contribution is -2.12. The van der Waals surface area contributed by atoms with E-state index in [1.54, 1.807) is 0 Å². The van der Waals surface area contributed by atoms with Crippen LogP contribution in [0.3, 0.4) is 0 Å². The fourth-order valence-corrected chi connectivity index (χ4v) is 1.95. The summed E-state index contributed by atoms with van der Waals surface area (Å²) in [6.07, 6.45) is 2.61. The second kappa shape index (κ2) is 3.09. The predicted octanol–water partition coefficient (Wildman–Crippen LogP) is 3.30. The molecule has 1 aromatic heterocycles. The molecule has 70 valence electrons. The smallest absolute Gasteiger partial charge is 0.127 e. The largest absolute Gasteiger partial charge is 0.260 e. The highest BCUT2D eigenvalue weighted by Crippen LogP contribution is 2.38. The van der Waals surface area contributed by atoms with Crippen LogP contribution in [0, 0.1) is 6.92 Å². The Balaban J connectivity index is 2.50. The van der Waals surface area contributed by atoms with Crippen LogP contribution in [0.2, 0.25) is 0 Å². The molecule has 2 atom stereocenters. The van der Waals surface area contributed by atoms with E-state index in [0.717, 1.165) is 23.2 Å². The third-order valence-corrected chi connectivity index (χ3v) is 2.74. The van der Waals surface area contributed by atoms with Crippen LogP contribution in [0.25, 0.3) is 0 Å². The molecule has 0 fully saturated rings. The zero-order valence-electron chi connectivity index (χ0n) is 8.05. The van der Waals surface area contributed by atoms with Gasteiger partial charge < -0.3 is 0 Å². The van der Waals surface area contributed by atoms with Gasteiger partial charge in [-0.15, -0.1) is 0 Å². The minimum absolute atomic E-state index is 0.419. The summed E-state index contributed by atoms with van der Waals surface area (Å²) in [6.45, 7) is 4.08. The molecule has 0 aromatic carbocycles. The van der Waals surface area contributed by atoms with Crippen molar-refractivity contribution >= 4 is 0 Å². The third kappa shape index (κ3) is 1.45. The van der Waals surface area contributed by atoms with Crippen molar-refractivity contribution in [2.75, 3.05) is 0 Å². The SMILES string of the molecule is Cc1cnc2c(c1)[C@@H](F)CC[C@H]2C. The molecule has 0 bridgehead atoms. The van der Waals surface area contributed by atoms with Crippen molar-refractivity contribution in [2.24, 2.45) is 0 Å². The highest BCUT2D eigenvalue weighted by Gasteiger charge is 2.25. The van der Waals surface area contributed by atoms with E-state index in [1.165, 1.54) is 0 Å². The number of aryl methyl sites for hydroxylation is 1. The Morgan fingerprint density at radius 2 is 2.23 bits per heavy atom. The topological polar surface area (TPSA) is 12.9 Å². The molecule has 0 spiro atoms. The zero-order valence-corrected chi connectivity index (χ0v) is 8.05. The lowest BCUT2D eigenvalue weighted by Gasteiger charge is -2.24. The summed E-state index contributed by atoms with van der Waals surface area (Å²) in [5.41, 5.74) is 2.83. The molecule has 0 unspecified atom stereocenters. The van der Waals surface area contributed by atoms with Gasteiger partial charge in [-0.2, -0.15) is 0 Å². The first-order valence-corrected chi connectivity index (χ1v) is 4.79. The average Bonchev–Trinajstić information content (AvgIpc) is 2.12. The van der Waals surface area contributed by atoms with Crippen molar-refractivity contribution in [1.29, 1.82) is 0 Å². The second-order valence-electron chi connectivity index (χ2n) is 3.93. The van der Waals surface area contributed by atoms with Gasteiger partial charge in [-0.25, -0.2) is 4.39 Å². The Morgan fingerprint density at radius 1 is 1.46 bits per heavy atom. The van der Waals surface area contributed by atoms with E-state index in [2.05, 4.69) is 11.9 Å². The maximum absolute atomic E-state index is 13.5. The molecule has 1 aliphatic carbocycles. The minimum Gasteiger partial charge on any atom is -0.260 e. The van der Waals surface area contributed by atoms with Crippen LogP contribution in [0.15, 0.2) is 12.3 Å². The maximum Gasteiger partial charge on any atom is 0.127 e. The van der Waals surface area contributed by atoms with Gasteiger partial charge in [0.2, 0.25) is 0 Å². The van der Waals surface area contributed by atoms with Gasteiger partial charge in [0.25, 0.3) is 0 Å². The second-order valence-corrected chi connectivity index (χ2v) is 3.93. The third-order valence-electron chi connectivity index (χ3n) is 2.74. The molecular formula is C11H14FN. The van der Waals surface area contributed by atoms with E-state index >= 15 is 0 Å². The first-order valence-electron chi connectivity index (χ1n) is 4.79. The van der Waals surface area contributed by atoms with Crippen molar-refractivity contribution in [3.8, 4) is 0 Å². The first-order chi connectivity index (χ1) is 6.18. The molecule has 2 heteroatoms. The molecule has 1 heterocycles. The Labute approximate surface area is 78.0 Å². The highest BCUT2D eigenvalue weighted by molar-refractivity contribution is 5.31. The van der Waals surface area contributed by atoms with Crippen LogP contribution in [0.5, 0.6) is 0 Å². The molecular weight excluding hydrogens is 165 g/mol. The number of pyridine rings is 1. The van der Waals surface area contributed by atoms with Crippen LogP contribution in [0.1, 0.15) is 48.7 Å². The van der Waals surface area contributed by atoms with Crippen molar-refractivity contribution in [2.45, 2.75) is 38.8 Å². The van der Waals surface area contributed by atoms with E-state index in [1.807, 2.05) is 19.2 Å². The molecule has 2 rings (SSSR count). The van der Waals surface area contributed by atoms with Crippen molar-refractivity contribution in [3.05, 3.63) is 29.1 Å². The Kier molecular flexibility index (Phi) is 2.06. The lowest BCUT2D eigenvalue weighted by atomic mass is 9.86. The molecule has 1 aliphatic rings. The summed E-state index contributed by atoms with van der Waals surface area (Å²) in [7, 11) is 0. The van der Waals surface area contributed by atoms with Crippen LogP contribution in [-0.4, -0.2) is 4.98 Å². The summed E-state index contributed by atoms with van der Waals surface area (Å²) in [4.78, 5) is 4.31. The van der Waals surface area contributed by atoms with Crippen molar-refractivity contribution in [1.82, 2.24) is 4.98 Å². The summed E-state index contributed by atoms with van der Waals surface area (Å²) in [5.74, 6) is 0.419. The Morgan fingerprint density at radius 3 is 3.00 bits per heavy atom. The van der Waals surface area contributed by atoms with Gasteiger partial charge in [0.15, 0.2) is 0 Å². The summed E-state index contributed by atoms with van der Waals surface area (Å²) in [5, 5.41) is 0. The number of hydrogen-bond acceptors (Lipinski definition) is 1. The van der Waals surface area contributed by atoms with Gasteiger partial charge in [-0.1, -0.05) is 6.92 Å². The van der Waals surface area contributed by atoms with Crippen LogP contribution in [-0.2, 0) is 0 Å². The quantitative estimate of drug-likeness (QED) is 0.595. The standard InChI is InChI=1S/C11H14FN/c1-7-5-9-10(12)4-3-8(2)11(9)13-6-7/h5-6,8,10H,3-4H2,1-2H3/t8-,10+/m1/s1. The summed E-state index contributed by atoms with van der Waals surface area (Å²) in [6, 6.07) is 1.93. The number of hydrogen-bond donors (Lipinski definition) is 0. The fraction of sp³-hybridized carbons (Fsp3) is 0.545. The van der Waals surface area contributed by atoms with Crippen LogP contribution < -0.4 is 0 Å². The normalized spacial score (nSPS) is 27.0. The molecule has 1 aromatic rings. The lowest BCUT2D eigenvalue weighted by molar-refractivity contribution is 0.287. The van der Waals surface area contributed by atoms with Gasteiger partial charge in [-0.05, 0) is 37.3 Å². The van der Waals surface area contributed by atoms with Crippen LogP contribution >= 0.6 is 0 Å². The number of fused-ring (bicyclic) bond motifs is 1. The van der Waals surface area contributed by atoms with Gasteiger partial charge in [0.05, 0.1) is 0 Å². The monoisotopic (exact) mass is 179 g/mol. The molecule has 0 N–H and O–H groups in total. The van der Waals surface area contributed by atoms with Crippen molar-refractivity contribution < 1.29 is 4.39 Å². The summed E-state index contributed by atoms with van der Waals surface area (Å²) < 4.78 is 13.5. The average molecular weight is 179 g/mol. The highest BCUT2D eigenvalue weighted by atomic mass is 19.1. The molecule has 1 nitrogen and oxygen atoms in total. The Hall–Kier alpha value is -0.920. The number of halogens is 1. The van der Waals surface area contributed by atoms with E-state index < -0.39 is 6.17 Å².